The number of unbranched alkanes of at least 4 members (excludes halogenated alkanes) is 24. The average Bonchev–Trinajstić information content (AvgIpc) is 3.43. The van der Waals surface area contributed by atoms with Crippen LogP contribution >= 0.6 is 7.82 Å². The summed E-state index contributed by atoms with van der Waals surface area (Å²) in [7, 11) is -4.77. The fraction of sp³-hybridized carbons (Fsp3) is 0.712. The number of phosphoric acid groups is 1. The van der Waals surface area contributed by atoms with Gasteiger partial charge in [-0.25, -0.2) is 4.57 Å². The Bertz CT molecular complexity index is 1680. The molecular formula is C66H113O11P. The van der Waals surface area contributed by atoms with Crippen LogP contribution in [-0.4, -0.2) is 66.5 Å². The molecule has 0 heterocycles. The molecule has 0 spiro atoms. The van der Waals surface area contributed by atoms with Crippen molar-refractivity contribution < 1.29 is 52.2 Å². The molecule has 0 aromatic rings. The normalized spacial score (nSPS) is 14.0. The van der Waals surface area contributed by atoms with E-state index in [4.69, 9.17) is 23.3 Å². The molecule has 0 aromatic carbocycles. The second-order valence-corrected chi connectivity index (χ2v) is 21.9. The third-order valence-corrected chi connectivity index (χ3v) is 13.9. The summed E-state index contributed by atoms with van der Waals surface area (Å²) in [5, 5.41) is 9.85. The fourth-order valence-electron chi connectivity index (χ4n) is 8.30. The van der Waals surface area contributed by atoms with Crippen molar-refractivity contribution in [2.24, 2.45) is 0 Å². The Balaban J connectivity index is 4.74. The van der Waals surface area contributed by atoms with Gasteiger partial charge in [0, 0.05) is 19.3 Å². The van der Waals surface area contributed by atoms with E-state index in [0.29, 0.717) is 19.3 Å². The van der Waals surface area contributed by atoms with E-state index in [-0.39, 0.29) is 25.9 Å². The number of phosphoric ester groups is 1. The van der Waals surface area contributed by atoms with Crippen LogP contribution in [0, 0.1) is 0 Å². The van der Waals surface area contributed by atoms with E-state index >= 15 is 0 Å². The van der Waals surface area contributed by atoms with Crippen molar-refractivity contribution >= 4 is 25.7 Å². The van der Waals surface area contributed by atoms with Crippen molar-refractivity contribution in [2.75, 3.05) is 26.4 Å². The van der Waals surface area contributed by atoms with Crippen molar-refractivity contribution in [1.29, 1.82) is 0 Å². The number of aliphatic hydroxyl groups is 1. The molecule has 0 aliphatic rings. The Kier molecular flexibility index (Phi) is 56.8. The monoisotopic (exact) mass is 1110 g/mol. The highest BCUT2D eigenvalue weighted by Crippen LogP contribution is 2.43. The minimum Gasteiger partial charge on any atom is -0.462 e. The summed E-state index contributed by atoms with van der Waals surface area (Å²) < 4.78 is 39.6. The van der Waals surface area contributed by atoms with Gasteiger partial charge in [-0.05, 0) is 116 Å². The number of hydrogen-bond donors (Lipinski definition) is 2. The minimum absolute atomic E-state index is 0.143. The second-order valence-electron chi connectivity index (χ2n) is 20.5. The van der Waals surface area contributed by atoms with Gasteiger partial charge < -0.3 is 24.2 Å². The number of hydrogen-bond acceptors (Lipinski definition) is 10. The summed E-state index contributed by atoms with van der Waals surface area (Å²) in [6, 6.07) is 0. The largest absolute Gasteiger partial charge is 0.472 e. The Morgan fingerprint density at radius 2 is 0.667 bits per heavy atom. The first-order chi connectivity index (χ1) is 38.2. The number of ether oxygens (including phenoxy) is 3. The van der Waals surface area contributed by atoms with E-state index in [9.17, 15) is 28.9 Å². The molecule has 78 heavy (non-hydrogen) atoms. The first kappa shape index (κ1) is 74.4. The van der Waals surface area contributed by atoms with Crippen LogP contribution in [0.3, 0.4) is 0 Å². The maximum Gasteiger partial charge on any atom is 0.472 e. The maximum absolute atomic E-state index is 12.9. The molecule has 0 saturated heterocycles. The Hall–Kier alpha value is -3.60. The van der Waals surface area contributed by atoms with E-state index in [1.54, 1.807) is 0 Å². The Labute approximate surface area is 476 Å². The van der Waals surface area contributed by atoms with Crippen LogP contribution in [0.5, 0.6) is 0 Å². The standard InChI is InChI=1S/C66H113O11P/c1-4-7-10-13-16-19-22-25-28-30-31-33-36-39-42-45-48-51-54-57-66(70)77-63(59-73-64(68)55-52-49-46-43-40-37-34-27-24-21-18-15-12-9-6-3)61-75-78(71,72)74-60-62(58-67)76-65(69)56-53-50-47-44-41-38-35-32-29-26-23-20-17-14-11-8-5-2/h7,9-10,12,16,18-19,21,25-29,31,33-34,62-63,67H,4-6,8,11,13-15,17,20,22-24,30,32,35-61H2,1-3H3,(H,71,72)/b10-7-,12-9-,19-16-,21-18-,28-25-,29-26-,33-31-,34-27-. The van der Waals surface area contributed by atoms with E-state index < -0.39 is 57.8 Å². The summed E-state index contributed by atoms with van der Waals surface area (Å²) in [6.07, 6.45) is 70.7. The van der Waals surface area contributed by atoms with Crippen LogP contribution in [0.1, 0.15) is 265 Å². The number of rotatable bonds is 57. The van der Waals surface area contributed by atoms with Gasteiger partial charge in [0.2, 0.25) is 0 Å². The predicted octanol–water partition coefficient (Wildman–Crippen LogP) is 18.8. The van der Waals surface area contributed by atoms with Crippen LogP contribution in [0.2, 0.25) is 0 Å². The van der Waals surface area contributed by atoms with Crippen LogP contribution in [0.25, 0.3) is 0 Å². The van der Waals surface area contributed by atoms with Crippen LogP contribution in [0.4, 0.5) is 0 Å². The highest BCUT2D eigenvalue weighted by molar-refractivity contribution is 7.47. The zero-order chi connectivity index (χ0) is 56.9. The third-order valence-electron chi connectivity index (χ3n) is 13.0. The molecule has 0 saturated carbocycles. The number of esters is 3. The smallest absolute Gasteiger partial charge is 0.462 e. The van der Waals surface area contributed by atoms with E-state index in [1.807, 2.05) is 0 Å². The molecule has 0 fully saturated rings. The highest BCUT2D eigenvalue weighted by atomic mass is 31.2. The molecular weight excluding hydrogens is 1000 g/mol. The number of carbonyl (C=O) groups is 3. The Morgan fingerprint density at radius 3 is 1.04 bits per heavy atom. The molecule has 0 aromatic heterocycles. The second kappa shape index (κ2) is 59.5. The first-order valence-corrected chi connectivity index (χ1v) is 32.6. The highest BCUT2D eigenvalue weighted by Gasteiger charge is 2.28. The lowest BCUT2D eigenvalue weighted by Crippen LogP contribution is -2.30. The first-order valence-electron chi connectivity index (χ1n) is 31.1. The summed E-state index contributed by atoms with van der Waals surface area (Å²) in [4.78, 5) is 48.7. The molecule has 0 aliphatic heterocycles. The maximum atomic E-state index is 12.9. The van der Waals surface area contributed by atoms with Gasteiger partial charge in [0.1, 0.15) is 12.7 Å². The summed E-state index contributed by atoms with van der Waals surface area (Å²) in [5.74, 6) is -1.50. The molecule has 12 heteroatoms. The van der Waals surface area contributed by atoms with Crippen molar-refractivity contribution in [3.63, 3.8) is 0 Å². The zero-order valence-electron chi connectivity index (χ0n) is 49.6. The van der Waals surface area contributed by atoms with E-state index in [0.717, 1.165) is 141 Å². The van der Waals surface area contributed by atoms with Crippen LogP contribution in [0.15, 0.2) is 97.2 Å². The lowest BCUT2D eigenvalue weighted by atomic mass is 10.1. The number of allylic oxidation sites excluding steroid dienone is 16. The van der Waals surface area contributed by atoms with Gasteiger partial charge in [-0.3, -0.25) is 23.4 Å². The third kappa shape index (κ3) is 57.1. The SMILES string of the molecule is CC/C=C\C/C=C\C/C=C\C/C=C\CCCCCCCCC(=O)OC(COC(=O)CCCCCCC/C=C\C/C=C\C/C=C\CC)COP(=O)(O)OCC(CO)OC(=O)CCCCCCCCC/C=C\CCCCCCCC. The van der Waals surface area contributed by atoms with Gasteiger partial charge in [0.05, 0.1) is 19.8 Å². The quantitative estimate of drug-likeness (QED) is 0.0197. The lowest BCUT2D eigenvalue weighted by molar-refractivity contribution is -0.161. The van der Waals surface area contributed by atoms with Gasteiger partial charge in [0.25, 0.3) is 0 Å². The summed E-state index contributed by atoms with van der Waals surface area (Å²) >= 11 is 0. The predicted molar refractivity (Wildman–Crippen MR) is 325 cm³/mol. The molecule has 0 radical (unpaired) electrons. The van der Waals surface area contributed by atoms with Gasteiger partial charge in [-0.2, -0.15) is 0 Å². The molecule has 0 bridgehead atoms. The summed E-state index contributed by atoms with van der Waals surface area (Å²) in [6.45, 7) is 4.40. The Morgan fingerprint density at radius 1 is 0.372 bits per heavy atom. The van der Waals surface area contributed by atoms with E-state index in [1.165, 1.54) is 64.2 Å². The van der Waals surface area contributed by atoms with Gasteiger partial charge in [0.15, 0.2) is 6.10 Å². The molecule has 2 N–H and O–H groups in total. The number of carbonyl (C=O) groups excluding carboxylic acids is 3. The fourth-order valence-corrected chi connectivity index (χ4v) is 9.08. The molecule has 0 amide bonds. The van der Waals surface area contributed by atoms with Crippen LogP contribution in [-0.2, 0) is 42.2 Å². The molecule has 3 atom stereocenters. The van der Waals surface area contributed by atoms with Gasteiger partial charge in [-0.1, -0.05) is 227 Å². The molecule has 0 aliphatic carbocycles. The summed E-state index contributed by atoms with van der Waals surface area (Å²) in [5.41, 5.74) is 0. The van der Waals surface area contributed by atoms with Crippen molar-refractivity contribution in [3.8, 4) is 0 Å². The van der Waals surface area contributed by atoms with Crippen molar-refractivity contribution in [3.05, 3.63) is 97.2 Å². The van der Waals surface area contributed by atoms with Crippen molar-refractivity contribution in [2.45, 2.75) is 277 Å². The molecule has 0 rings (SSSR count). The molecule has 11 nitrogen and oxygen atoms in total. The van der Waals surface area contributed by atoms with E-state index in [2.05, 4.69) is 118 Å². The topological polar surface area (TPSA) is 155 Å². The molecule has 3 unspecified atom stereocenters. The average molecular weight is 1110 g/mol. The van der Waals surface area contributed by atoms with Crippen molar-refractivity contribution in [1.82, 2.24) is 0 Å². The minimum atomic E-state index is -4.77. The van der Waals surface area contributed by atoms with Crippen LogP contribution < -0.4 is 0 Å². The van der Waals surface area contributed by atoms with Gasteiger partial charge in [-0.15, -0.1) is 0 Å². The zero-order valence-corrected chi connectivity index (χ0v) is 50.5. The molecule has 448 valence electrons. The number of aliphatic hydroxyl groups excluding tert-OH is 1. The van der Waals surface area contributed by atoms with Gasteiger partial charge >= 0.3 is 25.7 Å². The lowest BCUT2D eigenvalue weighted by Gasteiger charge is -2.21.